The average Bonchev–Trinajstić information content (AvgIpc) is 3.40. The topological polar surface area (TPSA) is 104 Å². The number of halogens is 7. The molecule has 1 aromatic heterocycles. The van der Waals surface area contributed by atoms with Gasteiger partial charge in [0, 0.05) is 18.5 Å². The smallest absolute Gasteiger partial charge is 0.415 e. The van der Waals surface area contributed by atoms with E-state index in [1.54, 1.807) is 0 Å². The number of alkyl halides is 7. The summed E-state index contributed by atoms with van der Waals surface area (Å²) < 4.78 is 96.9. The number of aliphatic hydroxyl groups excluding tert-OH is 1. The summed E-state index contributed by atoms with van der Waals surface area (Å²) in [5, 5.41) is 9.92. The number of nitrogens with zero attached hydrogens (tertiary/aromatic N) is 2. The zero-order valence-electron chi connectivity index (χ0n) is 17.2. The van der Waals surface area contributed by atoms with Crippen LogP contribution in [0.3, 0.4) is 0 Å². The molecule has 3 unspecified atom stereocenters. The van der Waals surface area contributed by atoms with E-state index in [4.69, 9.17) is 5.73 Å². The van der Waals surface area contributed by atoms with Gasteiger partial charge in [-0.05, 0) is 38.3 Å². The van der Waals surface area contributed by atoms with E-state index in [1.807, 2.05) is 4.98 Å². The fourth-order valence-electron chi connectivity index (χ4n) is 5.00. The Morgan fingerprint density at radius 1 is 1.06 bits per heavy atom. The van der Waals surface area contributed by atoms with Crippen molar-refractivity contribution in [2.24, 2.45) is 11.7 Å². The van der Waals surface area contributed by atoms with E-state index < -0.39 is 71.2 Å². The number of aliphatic hydroxyl groups is 1. The van der Waals surface area contributed by atoms with Crippen molar-refractivity contribution in [2.75, 3.05) is 13.1 Å². The fourth-order valence-corrected chi connectivity index (χ4v) is 5.00. The van der Waals surface area contributed by atoms with Crippen molar-refractivity contribution in [3.05, 3.63) is 31.4 Å². The van der Waals surface area contributed by atoms with E-state index in [2.05, 4.69) is 0 Å². The van der Waals surface area contributed by atoms with Crippen LogP contribution in [0.5, 0.6) is 0 Å². The van der Waals surface area contributed by atoms with Gasteiger partial charge in [-0.2, -0.15) is 26.3 Å². The molecule has 2 heterocycles. The van der Waals surface area contributed by atoms with Gasteiger partial charge in [0.2, 0.25) is 5.54 Å². The van der Waals surface area contributed by atoms with E-state index >= 15 is 4.39 Å². The third-order valence-electron chi connectivity index (χ3n) is 6.86. The second kappa shape index (κ2) is 7.32. The molecule has 14 heteroatoms. The number of hydrogen-bond acceptors (Lipinski definition) is 5. The van der Waals surface area contributed by atoms with Crippen molar-refractivity contribution in [2.45, 2.75) is 62.3 Å². The van der Waals surface area contributed by atoms with Gasteiger partial charge >= 0.3 is 18.0 Å². The number of nitrogens with two attached hydrogens (primary N) is 1. The lowest BCUT2D eigenvalue weighted by molar-refractivity contribution is -0.310. The third-order valence-corrected chi connectivity index (χ3v) is 6.86. The van der Waals surface area contributed by atoms with Crippen LogP contribution < -0.4 is 27.6 Å². The van der Waals surface area contributed by atoms with E-state index in [0.717, 1.165) is 4.90 Å². The Morgan fingerprint density at radius 3 is 2.15 bits per heavy atom. The zero-order chi connectivity index (χ0) is 24.7. The molecule has 1 saturated heterocycles. The highest BCUT2D eigenvalue weighted by atomic mass is 19.4. The molecular formula is C19H21F7N4O3. The number of aromatic amines is 1. The summed E-state index contributed by atoms with van der Waals surface area (Å²) in [6.45, 7) is 0.131. The summed E-state index contributed by atoms with van der Waals surface area (Å²) in [5.41, 5.74) is -1.35. The van der Waals surface area contributed by atoms with Crippen molar-refractivity contribution < 1.29 is 35.8 Å². The Morgan fingerprint density at radius 2 is 1.64 bits per heavy atom. The minimum atomic E-state index is -5.80. The zero-order valence-corrected chi connectivity index (χ0v) is 17.2. The van der Waals surface area contributed by atoms with Gasteiger partial charge < -0.3 is 10.8 Å². The SMILES string of the molecule is CC1=c2c(c(=O)[nH]c(=O)n2C2CC2)=C(O)C(F)C1N1CCC(C(N)(C(F)(F)F)C(F)(F)F)C1. The Bertz CT molecular complexity index is 1200. The molecule has 3 atom stereocenters. The van der Waals surface area contributed by atoms with Crippen molar-refractivity contribution >= 4 is 11.3 Å². The highest BCUT2D eigenvalue weighted by Gasteiger charge is 2.72. The summed E-state index contributed by atoms with van der Waals surface area (Å²) >= 11 is 0. The molecule has 3 aliphatic rings. The minimum absolute atomic E-state index is 0.0586. The molecule has 184 valence electrons. The first-order valence-electron chi connectivity index (χ1n) is 10.2. The second-order valence-electron chi connectivity index (χ2n) is 8.84. The predicted octanol–water partition coefficient (Wildman–Crippen LogP) is 0.573. The van der Waals surface area contributed by atoms with Crippen LogP contribution in [-0.4, -0.2) is 62.8 Å². The number of fused-ring (bicyclic) bond motifs is 1. The van der Waals surface area contributed by atoms with Gasteiger partial charge in [0.1, 0.15) is 11.0 Å². The van der Waals surface area contributed by atoms with Crippen molar-refractivity contribution in [1.82, 2.24) is 14.5 Å². The van der Waals surface area contributed by atoms with Crippen LogP contribution in [0.1, 0.15) is 32.2 Å². The Hall–Kier alpha value is -2.35. The van der Waals surface area contributed by atoms with Crippen LogP contribution in [-0.2, 0) is 0 Å². The van der Waals surface area contributed by atoms with E-state index in [-0.39, 0.29) is 23.5 Å². The maximum atomic E-state index is 15.3. The van der Waals surface area contributed by atoms with Gasteiger partial charge in [-0.3, -0.25) is 19.2 Å². The fraction of sp³-hybridized carbons (Fsp3) is 0.684. The highest BCUT2D eigenvalue weighted by molar-refractivity contribution is 5.60. The number of H-pyrrole nitrogens is 1. The second-order valence-corrected chi connectivity index (χ2v) is 8.84. The van der Waals surface area contributed by atoms with Gasteiger partial charge in [0.15, 0.2) is 6.17 Å². The van der Waals surface area contributed by atoms with Crippen LogP contribution in [0.25, 0.3) is 11.3 Å². The number of likely N-dealkylation sites (tertiary alicyclic amines) is 1. The van der Waals surface area contributed by atoms with Crippen LogP contribution in [0.15, 0.2) is 9.59 Å². The first-order valence-corrected chi connectivity index (χ1v) is 10.2. The number of rotatable bonds is 3. The monoisotopic (exact) mass is 486 g/mol. The maximum absolute atomic E-state index is 15.3. The summed E-state index contributed by atoms with van der Waals surface area (Å²) in [6.07, 6.45) is -13.4. The standard InChI is InChI=1S/C19H21F7N4O3/c1-7-12-10(15(32)28-16(33)30(12)9-2-3-9)14(31)11(20)13(7)29-5-4-8(6-29)17(27,18(21,22)23)19(24,25)26/h8-9,11,13,31H,2-6,27H2,1H3,(H,28,32,33). The summed E-state index contributed by atoms with van der Waals surface area (Å²) in [4.78, 5) is 27.8. The molecule has 0 aromatic carbocycles. The lowest BCUT2D eigenvalue weighted by Crippen LogP contribution is -2.68. The molecular weight excluding hydrogens is 465 g/mol. The minimum Gasteiger partial charge on any atom is -0.508 e. The molecule has 4 rings (SSSR count). The molecule has 1 saturated carbocycles. The highest BCUT2D eigenvalue weighted by Crippen LogP contribution is 2.49. The van der Waals surface area contributed by atoms with E-state index in [0.29, 0.717) is 12.8 Å². The largest absolute Gasteiger partial charge is 0.508 e. The van der Waals surface area contributed by atoms with Crippen molar-refractivity contribution in [3.63, 3.8) is 0 Å². The molecule has 1 aliphatic heterocycles. The first-order chi connectivity index (χ1) is 15.1. The molecule has 7 nitrogen and oxygen atoms in total. The van der Waals surface area contributed by atoms with Crippen LogP contribution in [0.2, 0.25) is 0 Å². The number of aromatic nitrogens is 2. The van der Waals surface area contributed by atoms with Gasteiger partial charge in [-0.15, -0.1) is 0 Å². The predicted molar refractivity (Wildman–Crippen MR) is 101 cm³/mol. The maximum Gasteiger partial charge on any atom is 0.415 e. The normalized spacial score (nSPS) is 27.2. The molecule has 33 heavy (non-hydrogen) atoms. The van der Waals surface area contributed by atoms with Gasteiger partial charge in [0.25, 0.3) is 5.56 Å². The van der Waals surface area contributed by atoms with Crippen LogP contribution >= 0.6 is 0 Å². The molecule has 0 spiro atoms. The van der Waals surface area contributed by atoms with Gasteiger partial charge in [-0.25, -0.2) is 9.18 Å². The summed E-state index contributed by atoms with van der Waals surface area (Å²) in [5.74, 6) is -3.14. The van der Waals surface area contributed by atoms with Crippen molar-refractivity contribution in [1.29, 1.82) is 0 Å². The summed E-state index contributed by atoms with van der Waals surface area (Å²) in [7, 11) is 0. The lowest BCUT2D eigenvalue weighted by atomic mass is 9.82. The molecule has 2 aliphatic carbocycles. The van der Waals surface area contributed by atoms with E-state index in [9.17, 15) is 41.0 Å². The molecule has 4 N–H and O–H groups in total. The van der Waals surface area contributed by atoms with Gasteiger partial charge in [0.05, 0.1) is 11.4 Å². The summed E-state index contributed by atoms with van der Waals surface area (Å²) in [6, 6.07) is -1.79. The Kier molecular flexibility index (Phi) is 5.28. The van der Waals surface area contributed by atoms with Crippen LogP contribution in [0, 0.1) is 5.92 Å². The van der Waals surface area contributed by atoms with Gasteiger partial charge in [-0.1, -0.05) is 0 Å². The molecule has 0 bridgehead atoms. The molecule has 0 radical (unpaired) electrons. The molecule has 2 fully saturated rings. The Labute approximate surface area is 181 Å². The van der Waals surface area contributed by atoms with E-state index in [1.165, 1.54) is 11.5 Å². The third kappa shape index (κ3) is 3.40. The lowest BCUT2D eigenvalue weighted by Gasteiger charge is -2.39. The Balaban J connectivity index is 1.82. The van der Waals surface area contributed by atoms with Crippen LogP contribution in [0.4, 0.5) is 30.7 Å². The number of nitrogens with one attached hydrogen (secondary N) is 1. The average molecular weight is 486 g/mol. The number of hydrogen-bond donors (Lipinski definition) is 3. The quantitative estimate of drug-likeness (QED) is 0.543. The molecule has 0 amide bonds. The molecule has 1 aromatic rings. The first kappa shape index (κ1) is 23.8. The van der Waals surface area contributed by atoms with Crippen molar-refractivity contribution in [3.8, 4) is 0 Å².